The molecular weight excluding hydrogens is 414 g/mol. The predicted molar refractivity (Wildman–Crippen MR) is 119 cm³/mol. The van der Waals surface area contributed by atoms with Crippen molar-refractivity contribution in [1.29, 1.82) is 0 Å². The molecule has 6 heteroatoms. The van der Waals surface area contributed by atoms with Crippen molar-refractivity contribution in [2.24, 2.45) is 5.92 Å². The SMILES string of the molecule is CC1(C)CC(C(CC(=O)N2C(=O)OC[C@@H]2c2ccccc2)c2ccc(Cl)cc2)CCO1. The monoisotopic (exact) mass is 441 g/mol. The first-order valence-corrected chi connectivity index (χ1v) is 11.1. The van der Waals surface area contributed by atoms with E-state index in [1.807, 2.05) is 54.6 Å². The Kier molecular flexibility index (Phi) is 6.35. The number of halogens is 1. The molecule has 2 aromatic carbocycles. The van der Waals surface area contributed by atoms with Crippen LogP contribution in [0.15, 0.2) is 54.6 Å². The Morgan fingerprint density at radius 2 is 1.87 bits per heavy atom. The lowest BCUT2D eigenvalue weighted by atomic mass is 9.75. The number of nitrogens with zero attached hydrogens (tertiary/aromatic N) is 1. The Morgan fingerprint density at radius 1 is 1.16 bits per heavy atom. The molecule has 0 N–H and O–H groups in total. The summed E-state index contributed by atoms with van der Waals surface area (Å²) < 4.78 is 11.2. The number of hydrogen-bond donors (Lipinski definition) is 0. The largest absolute Gasteiger partial charge is 0.446 e. The molecule has 31 heavy (non-hydrogen) atoms. The second-order valence-electron chi connectivity index (χ2n) is 8.99. The fraction of sp³-hybridized carbons (Fsp3) is 0.440. The molecule has 5 nitrogen and oxygen atoms in total. The molecule has 2 saturated heterocycles. The normalized spacial score (nSPS) is 24.0. The zero-order valence-electron chi connectivity index (χ0n) is 17.9. The highest BCUT2D eigenvalue weighted by molar-refractivity contribution is 6.30. The summed E-state index contributed by atoms with van der Waals surface area (Å²) in [6.07, 6.45) is 1.39. The summed E-state index contributed by atoms with van der Waals surface area (Å²) in [5.41, 5.74) is 1.72. The van der Waals surface area contributed by atoms with Crippen LogP contribution in [0.25, 0.3) is 0 Å². The number of carbonyl (C=O) groups is 2. The third-order valence-electron chi connectivity index (χ3n) is 6.32. The van der Waals surface area contributed by atoms with Crippen LogP contribution in [0.1, 0.15) is 56.2 Å². The third kappa shape index (κ3) is 4.94. The summed E-state index contributed by atoms with van der Waals surface area (Å²) >= 11 is 6.11. The quantitative estimate of drug-likeness (QED) is 0.593. The fourth-order valence-corrected chi connectivity index (χ4v) is 4.92. The average molecular weight is 442 g/mol. The third-order valence-corrected chi connectivity index (χ3v) is 6.58. The van der Waals surface area contributed by atoms with E-state index < -0.39 is 12.1 Å². The van der Waals surface area contributed by atoms with E-state index in [-0.39, 0.29) is 36.4 Å². The van der Waals surface area contributed by atoms with Crippen molar-refractivity contribution in [2.45, 2.75) is 50.7 Å². The van der Waals surface area contributed by atoms with Gasteiger partial charge in [0.25, 0.3) is 0 Å². The number of carbonyl (C=O) groups excluding carboxylic acids is 2. The van der Waals surface area contributed by atoms with Crippen LogP contribution >= 0.6 is 11.6 Å². The standard InChI is InChI=1S/C25H28ClNO4/c1-25(2)15-19(12-13-31-25)21(17-8-10-20(26)11-9-17)14-23(28)27-22(16-30-24(27)29)18-6-4-3-5-7-18/h3-11,19,21-22H,12-16H2,1-2H3/t19?,21?,22-/m1/s1. The number of amides is 2. The molecule has 2 amide bonds. The van der Waals surface area contributed by atoms with Gasteiger partial charge < -0.3 is 9.47 Å². The number of ether oxygens (including phenoxy) is 2. The van der Waals surface area contributed by atoms with Crippen molar-refractivity contribution < 1.29 is 19.1 Å². The minimum Gasteiger partial charge on any atom is -0.446 e. The van der Waals surface area contributed by atoms with Gasteiger partial charge in [0.15, 0.2) is 0 Å². The fourth-order valence-electron chi connectivity index (χ4n) is 4.79. The molecule has 0 spiro atoms. The topological polar surface area (TPSA) is 55.8 Å². The smallest absolute Gasteiger partial charge is 0.417 e. The molecule has 2 fully saturated rings. The van der Waals surface area contributed by atoms with Crippen molar-refractivity contribution in [3.05, 3.63) is 70.7 Å². The summed E-state index contributed by atoms with van der Waals surface area (Å²) in [6.45, 7) is 5.02. The van der Waals surface area contributed by atoms with Crippen LogP contribution in [-0.4, -0.2) is 35.7 Å². The van der Waals surface area contributed by atoms with Gasteiger partial charge in [-0.15, -0.1) is 0 Å². The van der Waals surface area contributed by atoms with E-state index in [9.17, 15) is 9.59 Å². The molecule has 2 aliphatic rings. The molecule has 4 rings (SSSR count). The van der Waals surface area contributed by atoms with Crippen molar-refractivity contribution in [2.75, 3.05) is 13.2 Å². The van der Waals surface area contributed by atoms with E-state index >= 15 is 0 Å². The molecule has 0 radical (unpaired) electrons. The van der Waals surface area contributed by atoms with E-state index in [2.05, 4.69) is 13.8 Å². The van der Waals surface area contributed by atoms with Crippen molar-refractivity contribution in [3.63, 3.8) is 0 Å². The Bertz CT molecular complexity index is 928. The van der Waals surface area contributed by atoms with Gasteiger partial charge in [-0.25, -0.2) is 9.69 Å². The van der Waals surface area contributed by atoms with E-state index in [0.29, 0.717) is 11.6 Å². The van der Waals surface area contributed by atoms with E-state index in [0.717, 1.165) is 24.0 Å². The average Bonchev–Trinajstić information content (AvgIpc) is 3.14. The summed E-state index contributed by atoms with van der Waals surface area (Å²) in [4.78, 5) is 27.2. The number of cyclic esters (lactones) is 1. The molecule has 0 aliphatic carbocycles. The van der Waals surface area contributed by atoms with Crippen molar-refractivity contribution >= 4 is 23.6 Å². The highest BCUT2D eigenvalue weighted by atomic mass is 35.5. The maximum Gasteiger partial charge on any atom is 0.417 e. The van der Waals surface area contributed by atoms with Gasteiger partial charge in [-0.1, -0.05) is 54.1 Å². The first kappa shape index (κ1) is 21.8. The molecule has 3 atom stereocenters. The van der Waals surface area contributed by atoms with Crippen LogP contribution in [0.4, 0.5) is 4.79 Å². The van der Waals surface area contributed by atoms with Gasteiger partial charge in [0, 0.05) is 18.1 Å². The maximum absolute atomic E-state index is 13.5. The minimum atomic E-state index is -0.569. The minimum absolute atomic E-state index is 0.0298. The van der Waals surface area contributed by atoms with Gasteiger partial charge in [0.05, 0.1) is 5.60 Å². The number of imide groups is 1. The Morgan fingerprint density at radius 3 is 2.55 bits per heavy atom. The second-order valence-corrected chi connectivity index (χ2v) is 9.43. The molecule has 0 bridgehead atoms. The highest BCUT2D eigenvalue weighted by Crippen LogP contribution is 2.41. The molecule has 0 aromatic heterocycles. The maximum atomic E-state index is 13.5. The molecule has 2 heterocycles. The van der Waals surface area contributed by atoms with Gasteiger partial charge in [-0.3, -0.25) is 4.79 Å². The number of benzene rings is 2. The molecule has 2 aliphatic heterocycles. The van der Waals surface area contributed by atoms with Crippen molar-refractivity contribution in [1.82, 2.24) is 4.90 Å². The van der Waals surface area contributed by atoms with E-state index in [1.165, 1.54) is 4.90 Å². The van der Waals surface area contributed by atoms with Crippen LogP contribution < -0.4 is 0 Å². The molecular formula is C25H28ClNO4. The summed E-state index contributed by atoms with van der Waals surface area (Å²) in [5, 5.41) is 0.661. The zero-order valence-corrected chi connectivity index (χ0v) is 18.7. The first-order valence-electron chi connectivity index (χ1n) is 10.8. The predicted octanol–water partition coefficient (Wildman–Crippen LogP) is 5.74. The van der Waals surface area contributed by atoms with Crippen LogP contribution in [0.5, 0.6) is 0 Å². The van der Waals surface area contributed by atoms with Gasteiger partial charge in [-0.2, -0.15) is 0 Å². The molecule has 2 unspecified atom stereocenters. The summed E-state index contributed by atoms with van der Waals surface area (Å²) in [5.74, 6) is 0.0287. The lowest BCUT2D eigenvalue weighted by Gasteiger charge is -2.39. The lowest BCUT2D eigenvalue weighted by Crippen LogP contribution is -2.39. The molecule has 164 valence electrons. The van der Waals surface area contributed by atoms with Crippen LogP contribution in [-0.2, 0) is 14.3 Å². The molecule has 0 saturated carbocycles. The van der Waals surface area contributed by atoms with Crippen LogP contribution in [0.2, 0.25) is 5.02 Å². The number of rotatable bonds is 5. The van der Waals surface area contributed by atoms with E-state index in [4.69, 9.17) is 21.1 Å². The van der Waals surface area contributed by atoms with E-state index in [1.54, 1.807) is 0 Å². The van der Waals surface area contributed by atoms with Crippen molar-refractivity contribution in [3.8, 4) is 0 Å². The number of hydrogen-bond acceptors (Lipinski definition) is 4. The van der Waals surface area contributed by atoms with Crippen LogP contribution in [0, 0.1) is 5.92 Å². The summed E-state index contributed by atoms with van der Waals surface area (Å²) in [6, 6.07) is 16.9. The van der Waals surface area contributed by atoms with Gasteiger partial charge in [0.2, 0.25) is 5.91 Å². The summed E-state index contributed by atoms with van der Waals surface area (Å²) in [7, 11) is 0. The first-order chi connectivity index (χ1) is 14.8. The van der Waals surface area contributed by atoms with Crippen LogP contribution in [0.3, 0.4) is 0 Å². The van der Waals surface area contributed by atoms with Gasteiger partial charge in [0.1, 0.15) is 12.6 Å². The van der Waals surface area contributed by atoms with Gasteiger partial charge >= 0.3 is 6.09 Å². The Hall–Kier alpha value is -2.37. The lowest BCUT2D eigenvalue weighted by molar-refractivity contribution is -0.131. The Balaban J connectivity index is 1.60. The van der Waals surface area contributed by atoms with Gasteiger partial charge in [-0.05, 0) is 61.8 Å². The molecule has 2 aromatic rings. The zero-order chi connectivity index (χ0) is 22.0. The second kappa shape index (κ2) is 9.01. The highest BCUT2D eigenvalue weighted by Gasteiger charge is 2.41. The Labute approximate surface area is 188 Å².